The Labute approximate surface area is 114 Å². The zero-order valence-corrected chi connectivity index (χ0v) is 12.4. The second-order valence-electron chi connectivity index (χ2n) is 4.58. The third-order valence-corrected chi connectivity index (χ3v) is 4.36. The number of aliphatic hydroxyl groups excluding tert-OH is 1. The number of rotatable bonds is 8. The van der Waals surface area contributed by atoms with Crippen LogP contribution < -0.4 is 5.32 Å². The highest BCUT2D eigenvalue weighted by Gasteiger charge is 2.21. The van der Waals surface area contributed by atoms with Gasteiger partial charge in [-0.25, -0.2) is 12.7 Å². The van der Waals surface area contributed by atoms with E-state index in [0.717, 1.165) is 17.1 Å². The minimum atomic E-state index is -3.52. The van der Waals surface area contributed by atoms with Crippen LogP contribution in [-0.4, -0.2) is 44.6 Å². The summed E-state index contributed by atoms with van der Waals surface area (Å²) < 4.78 is 30.0. The molecule has 0 aliphatic carbocycles. The average Bonchev–Trinajstić information content (AvgIpc) is 2.78. The van der Waals surface area contributed by atoms with Crippen molar-refractivity contribution in [3.05, 3.63) is 17.9 Å². The van der Waals surface area contributed by atoms with E-state index in [1.165, 1.54) is 20.2 Å². The molecule has 1 rings (SSSR count). The molecule has 0 aliphatic rings. The van der Waals surface area contributed by atoms with E-state index in [9.17, 15) is 13.5 Å². The zero-order valence-electron chi connectivity index (χ0n) is 11.6. The summed E-state index contributed by atoms with van der Waals surface area (Å²) in [5, 5.41) is 12.5. The summed E-state index contributed by atoms with van der Waals surface area (Å²) >= 11 is 0. The van der Waals surface area contributed by atoms with Crippen molar-refractivity contribution in [1.82, 2.24) is 9.62 Å². The van der Waals surface area contributed by atoms with Crippen molar-refractivity contribution in [2.75, 3.05) is 20.6 Å². The predicted octanol–water partition coefficient (Wildman–Crippen LogP) is 0.780. The van der Waals surface area contributed by atoms with Crippen molar-refractivity contribution < 1.29 is 17.9 Å². The molecule has 0 bridgehead atoms. The summed E-state index contributed by atoms with van der Waals surface area (Å²) in [7, 11) is -0.606. The van der Waals surface area contributed by atoms with Gasteiger partial charge in [0.1, 0.15) is 5.76 Å². The Bertz CT molecular complexity index is 482. The van der Waals surface area contributed by atoms with E-state index in [0.29, 0.717) is 18.8 Å². The Balaban J connectivity index is 2.52. The van der Waals surface area contributed by atoms with Gasteiger partial charge in [-0.2, -0.15) is 0 Å². The largest absolute Gasteiger partial charge is 0.447 e. The molecule has 7 heteroatoms. The van der Waals surface area contributed by atoms with Gasteiger partial charge >= 0.3 is 0 Å². The van der Waals surface area contributed by atoms with Crippen molar-refractivity contribution in [1.29, 1.82) is 0 Å². The topological polar surface area (TPSA) is 82.8 Å². The van der Waals surface area contributed by atoms with E-state index >= 15 is 0 Å². The molecule has 0 aliphatic heterocycles. The van der Waals surface area contributed by atoms with Gasteiger partial charge in [0.05, 0.1) is 12.6 Å². The molecular weight excluding hydrogens is 268 g/mol. The summed E-state index contributed by atoms with van der Waals surface area (Å²) in [6.45, 7) is 2.86. The molecule has 110 valence electrons. The number of hydrogen-bond acceptors (Lipinski definition) is 5. The van der Waals surface area contributed by atoms with Crippen LogP contribution in [0.5, 0.6) is 0 Å². The molecule has 0 aromatic carbocycles. The van der Waals surface area contributed by atoms with Crippen LogP contribution in [0.15, 0.2) is 21.6 Å². The first-order chi connectivity index (χ1) is 8.87. The first-order valence-electron chi connectivity index (χ1n) is 6.28. The molecule has 0 spiro atoms. The zero-order chi connectivity index (χ0) is 14.5. The number of nitrogens with zero attached hydrogens (tertiary/aromatic N) is 1. The molecule has 1 aromatic heterocycles. The summed E-state index contributed by atoms with van der Waals surface area (Å²) in [6, 6.07) is 3.06. The molecule has 0 amide bonds. The third-order valence-electron chi connectivity index (χ3n) is 2.67. The van der Waals surface area contributed by atoms with E-state index in [-0.39, 0.29) is 11.2 Å². The molecule has 1 atom stereocenters. The quantitative estimate of drug-likeness (QED) is 0.739. The number of aliphatic hydroxyl groups is 1. The van der Waals surface area contributed by atoms with E-state index in [4.69, 9.17) is 4.42 Å². The maximum atomic E-state index is 11.8. The Morgan fingerprint density at radius 2 is 2.11 bits per heavy atom. The lowest BCUT2D eigenvalue weighted by molar-refractivity contribution is 0.159. The monoisotopic (exact) mass is 290 g/mol. The Kier molecular flexibility index (Phi) is 5.99. The summed E-state index contributed by atoms with van der Waals surface area (Å²) in [5.74, 6) is 0.532. The van der Waals surface area contributed by atoms with E-state index in [1.807, 2.05) is 6.92 Å². The number of hydrogen-bond donors (Lipinski definition) is 2. The number of sulfonamides is 1. The van der Waals surface area contributed by atoms with Gasteiger partial charge in [0.25, 0.3) is 10.0 Å². The Morgan fingerprint density at radius 1 is 1.42 bits per heavy atom. The average molecular weight is 290 g/mol. The minimum absolute atomic E-state index is 0.0663. The Hall–Kier alpha value is -0.890. The lowest BCUT2D eigenvalue weighted by atomic mass is 10.2. The smallest absolute Gasteiger partial charge is 0.275 e. The maximum Gasteiger partial charge on any atom is 0.275 e. The predicted molar refractivity (Wildman–Crippen MR) is 72.2 cm³/mol. The molecule has 1 unspecified atom stereocenters. The lowest BCUT2D eigenvalue weighted by Crippen LogP contribution is -2.26. The van der Waals surface area contributed by atoms with Crippen LogP contribution in [0.2, 0.25) is 0 Å². The molecular formula is C12H22N2O4S. The van der Waals surface area contributed by atoms with Crippen LogP contribution in [0.1, 0.15) is 25.5 Å². The molecule has 2 N–H and O–H groups in total. The van der Waals surface area contributed by atoms with Gasteiger partial charge in [-0.05, 0) is 18.6 Å². The second kappa shape index (κ2) is 7.04. The van der Waals surface area contributed by atoms with Crippen LogP contribution >= 0.6 is 0 Å². The first-order valence-corrected chi connectivity index (χ1v) is 7.72. The van der Waals surface area contributed by atoms with Crippen LogP contribution in [0.25, 0.3) is 0 Å². The molecule has 19 heavy (non-hydrogen) atoms. The highest BCUT2D eigenvalue weighted by atomic mass is 32.2. The molecule has 1 aromatic rings. The summed E-state index contributed by atoms with van der Waals surface area (Å²) in [5.41, 5.74) is 0. The molecule has 0 saturated carbocycles. The SMILES string of the molecule is CCCC(O)CNCc1ccc(S(=O)(=O)N(C)C)o1. The standard InChI is InChI=1S/C12H22N2O4S/c1-4-5-10(15)8-13-9-11-6-7-12(18-11)19(16,17)14(2)3/h6-7,10,13,15H,4-5,8-9H2,1-3H3. The fourth-order valence-corrected chi connectivity index (χ4v) is 2.38. The van der Waals surface area contributed by atoms with Crippen molar-refractivity contribution >= 4 is 10.0 Å². The van der Waals surface area contributed by atoms with E-state index in [2.05, 4.69) is 5.32 Å². The second-order valence-corrected chi connectivity index (χ2v) is 6.66. The molecule has 0 radical (unpaired) electrons. The fourth-order valence-electron chi connectivity index (χ4n) is 1.57. The van der Waals surface area contributed by atoms with Crippen LogP contribution in [0, 0.1) is 0 Å². The van der Waals surface area contributed by atoms with Gasteiger partial charge in [-0.3, -0.25) is 0 Å². The van der Waals surface area contributed by atoms with Crippen molar-refractivity contribution in [2.24, 2.45) is 0 Å². The first kappa shape index (κ1) is 16.2. The normalized spacial score (nSPS) is 13.9. The van der Waals surface area contributed by atoms with Gasteiger partial charge in [0, 0.05) is 20.6 Å². The van der Waals surface area contributed by atoms with Crippen LogP contribution in [-0.2, 0) is 16.6 Å². The molecule has 1 heterocycles. The van der Waals surface area contributed by atoms with Crippen molar-refractivity contribution in [3.8, 4) is 0 Å². The minimum Gasteiger partial charge on any atom is -0.447 e. The summed E-state index contributed by atoms with van der Waals surface area (Å²) in [6.07, 6.45) is 1.28. The molecule has 0 saturated heterocycles. The van der Waals surface area contributed by atoms with Gasteiger partial charge in [0.2, 0.25) is 5.09 Å². The number of nitrogens with one attached hydrogen (secondary N) is 1. The van der Waals surface area contributed by atoms with Crippen molar-refractivity contribution in [2.45, 2.75) is 37.5 Å². The van der Waals surface area contributed by atoms with Gasteiger partial charge in [0.15, 0.2) is 0 Å². The lowest BCUT2D eigenvalue weighted by Gasteiger charge is -2.10. The Morgan fingerprint density at radius 3 is 2.68 bits per heavy atom. The maximum absolute atomic E-state index is 11.8. The van der Waals surface area contributed by atoms with Crippen LogP contribution in [0.3, 0.4) is 0 Å². The molecule has 6 nitrogen and oxygen atoms in total. The van der Waals surface area contributed by atoms with Gasteiger partial charge in [-0.1, -0.05) is 13.3 Å². The van der Waals surface area contributed by atoms with Crippen molar-refractivity contribution in [3.63, 3.8) is 0 Å². The fraction of sp³-hybridized carbons (Fsp3) is 0.667. The molecule has 0 fully saturated rings. The highest BCUT2D eigenvalue weighted by Crippen LogP contribution is 2.16. The van der Waals surface area contributed by atoms with Crippen LogP contribution in [0.4, 0.5) is 0 Å². The van der Waals surface area contributed by atoms with Gasteiger partial charge < -0.3 is 14.8 Å². The van der Waals surface area contributed by atoms with Gasteiger partial charge in [-0.15, -0.1) is 0 Å². The third kappa shape index (κ3) is 4.61. The van der Waals surface area contributed by atoms with E-state index in [1.54, 1.807) is 6.07 Å². The highest BCUT2D eigenvalue weighted by molar-refractivity contribution is 7.88. The van der Waals surface area contributed by atoms with E-state index < -0.39 is 10.0 Å². The summed E-state index contributed by atoms with van der Waals surface area (Å²) in [4.78, 5) is 0. The number of furan rings is 1.